The Morgan fingerprint density at radius 2 is 1.78 bits per heavy atom. The summed E-state index contributed by atoms with van der Waals surface area (Å²) in [7, 11) is -3.81. The highest BCUT2D eigenvalue weighted by Gasteiger charge is 2.22. The second-order valence-electron chi connectivity index (χ2n) is 6.45. The van der Waals surface area contributed by atoms with E-state index in [-0.39, 0.29) is 23.1 Å². The van der Waals surface area contributed by atoms with E-state index >= 15 is 0 Å². The molecule has 0 unspecified atom stereocenters. The summed E-state index contributed by atoms with van der Waals surface area (Å²) < 4.78 is 44.1. The van der Waals surface area contributed by atoms with Gasteiger partial charge in [0.15, 0.2) is 5.82 Å². The van der Waals surface area contributed by atoms with Gasteiger partial charge in [0.05, 0.1) is 15.9 Å². The predicted molar refractivity (Wildman–Crippen MR) is 107 cm³/mol. The zero-order valence-corrected chi connectivity index (χ0v) is 17.5. The summed E-state index contributed by atoms with van der Waals surface area (Å²) in [6.45, 7) is 5.64. The lowest BCUT2D eigenvalue weighted by molar-refractivity contribution is 0.585. The minimum atomic E-state index is -3.81. The van der Waals surface area contributed by atoms with E-state index in [9.17, 15) is 12.8 Å². The number of aryl methyl sites for hydroxylation is 3. The molecule has 0 spiro atoms. The Bertz CT molecular complexity index is 1090. The molecule has 5 nitrogen and oxygen atoms in total. The molecule has 142 valence electrons. The summed E-state index contributed by atoms with van der Waals surface area (Å²) in [6.07, 6.45) is 1.61. The monoisotopic (exact) mass is 451 g/mol. The highest BCUT2D eigenvalue weighted by atomic mass is 79.9. The number of hydrogen-bond acceptors (Lipinski definition) is 3. The molecule has 0 radical (unpaired) electrons. The molecular weight excluding hydrogens is 433 g/mol. The zero-order valence-electron chi connectivity index (χ0n) is 15.1. The second kappa shape index (κ2) is 7.44. The number of nitrogens with zero attached hydrogens (tertiary/aromatic N) is 2. The lowest BCUT2D eigenvalue weighted by Gasteiger charge is -2.13. The molecular formula is C19H19BrFN3O2S. The van der Waals surface area contributed by atoms with Crippen LogP contribution in [-0.2, 0) is 16.6 Å². The van der Waals surface area contributed by atoms with Crippen LogP contribution in [-0.4, -0.2) is 18.2 Å². The average Bonchev–Trinajstić information content (AvgIpc) is 2.87. The van der Waals surface area contributed by atoms with Gasteiger partial charge in [0.1, 0.15) is 5.82 Å². The largest absolute Gasteiger partial charge is 0.265 e. The maximum absolute atomic E-state index is 13.8. The number of benzene rings is 2. The molecule has 0 atom stereocenters. The number of rotatable bonds is 5. The van der Waals surface area contributed by atoms with Gasteiger partial charge in [-0.3, -0.25) is 9.40 Å². The van der Waals surface area contributed by atoms with Crippen molar-refractivity contribution in [3.05, 3.63) is 75.1 Å². The predicted octanol–water partition coefficient (Wildman–Crippen LogP) is 4.56. The number of anilines is 1. The normalized spacial score (nSPS) is 11.6. The van der Waals surface area contributed by atoms with E-state index < -0.39 is 10.0 Å². The fourth-order valence-corrected chi connectivity index (χ4v) is 5.14. The van der Waals surface area contributed by atoms with Crippen molar-refractivity contribution in [2.75, 3.05) is 4.72 Å². The first-order chi connectivity index (χ1) is 12.7. The maximum Gasteiger partial charge on any atom is 0.263 e. The Hall–Kier alpha value is -2.19. The highest BCUT2D eigenvalue weighted by Crippen LogP contribution is 2.27. The number of hydrogen-bond donors (Lipinski definition) is 1. The summed E-state index contributed by atoms with van der Waals surface area (Å²) in [4.78, 5) is 0.239. The van der Waals surface area contributed by atoms with Crippen molar-refractivity contribution in [1.29, 1.82) is 0 Å². The third-order valence-electron chi connectivity index (χ3n) is 4.11. The Balaban J connectivity index is 1.90. The molecule has 27 heavy (non-hydrogen) atoms. The van der Waals surface area contributed by atoms with Crippen molar-refractivity contribution >= 4 is 31.8 Å². The SMILES string of the molecule is Cc1cc(C)c(S(=O)(=O)Nc2nn(Cc3ccccc3F)cc2Br)c(C)c1. The van der Waals surface area contributed by atoms with Crippen LogP contribution in [0.2, 0.25) is 0 Å². The van der Waals surface area contributed by atoms with Crippen LogP contribution in [0.25, 0.3) is 0 Å². The Morgan fingerprint density at radius 1 is 1.15 bits per heavy atom. The van der Waals surface area contributed by atoms with Crippen molar-refractivity contribution in [3.63, 3.8) is 0 Å². The molecule has 0 saturated heterocycles. The van der Waals surface area contributed by atoms with Crippen molar-refractivity contribution in [3.8, 4) is 0 Å². The molecule has 1 N–H and O–H groups in total. The molecule has 1 heterocycles. The van der Waals surface area contributed by atoms with E-state index in [2.05, 4.69) is 25.8 Å². The molecule has 8 heteroatoms. The van der Waals surface area contributed by atoms with Gasteiger partial charge in [-0.15, -0.1) is 0 Å². The molecule has 3 rings (SSSR count). The summed E-state index contributed by atoms with van der Waals surface area (Å²) in [5.74, 6) is -0.178. The van der Waals surface area contributed by atoms with E-state index in [1.54, 1.807) is 38.2 Å². The lowest BCUT2D eigenvalue weighted by Crippen LogP contribution is -2.17. The van der Waals surface area contributed by atoms with Gasteiger partial charge in [-0.25, -0.2) is 12.8 Å². The Labute approximate surface area is 166 Å². The van der Waals surface area contributed by atoms with E-state index in [0.717, 1.165) is 5.56 Å². The van der Waals surface area contributed by atoms with Crippen LogP contribution in [0.4, 0.5) is 10.2 Å². The van der Waals surface area contributed by atoms with Gasteiger partial charge >= 0.3 is 0 Å². The Morgan fingerprint density at radius 3 is 2.41 bits per heavy atom. The van der Waals surface area contributed by atoms with Crippen molar-refractivity contribution in [2.24, 2.45) is 0 Å². The summed E-state index contributed by atoms with van der Waals surface area (Å²) >= 11 is 3.32. The molecule has 0 fully saturated rings. The van der Waals surface area contributed by atoms with Crippen molar-refractivity contribution < 1.29 is 12.8 Å². The van der Waals surface area contributed by atoms with Gasteiger partial charge < -0.3 is 0 Å². The molecule has 0 bridgehead atoms. The van der Waals surface area contributed by atoms with E-state index in [4.69, 9.17) is 0 Å². The standard InChI is InChI=1S/C19H19BrFN3O2S/c1-12-8-13(2)18(14(3)9-12)27(25,26)23-19-16(20)11-24(22-19)10-15-6-4-5-7-17(15)21/h4-9,11H,10H2,1-3H3,(H,22,23). The summed E-state index contributed by atoms with van der Waals surface area (Å²) in [5, 5.41) is 4.25. The number of halogens is 2. The highest BCUT2D eigenvalue weighted by molar-refractivity contribution is 9.10. The molecule has 0 saturated carbocycles. The van der Waals surface area contributed by atoms with Gasteiger partial charge in [0, 0.05) is 11.8 Å². The minimum Gasteiger partial charge on any atom is -0.265 e. The first kappa shape index (κ1) is 19.6. The number of aromatic nitrogens is 2. The smallest absolute Gasteiger partial charge is 0.263 e. The summed E-state index contributed by atoms with van der Waals surface area (Å²) in [5.41, 5.74) is 2.80. The van der Waals surface area contributed by atoms with Gasteiger partial charge in [-0.2, -0.15) is 5.10 Å². The Kier molecular flexibility index (Phi) is 5.39. The van der Waals surface area contributed by atoms with E-state index in [1.807, 2.05) is 19.1 Å². The number of sulfonamides is 1. The first-order valence-corrected chi connectivity index (χ1v) is 10.5. The quantitative estimate of drug-likeness (QED) is 0.618. The average molecular weight is 452 g/mol. The maximum atomic E-state index is 13.8. The van der Waals surface area contributed by atoms with Gasteiger partial charge in [0.2, 0.25) is 0 Å². The minimum absolute atomic E-state index is 0.158. The molecule has 0 aliphatic carbocycles. The fourth-order valence-electron chi connectivity index (χ4n) is 3.12. The van der Waals surface area contributed by atoms with Crippen LogP contribution in [0.5, 0.6) is 0 Å². The van der Waals surface area contributed by atoms with Gasteiger partial charge in [0.25, 0.3) is 10.0 Å². The molecule has 0 aliphatic rings. The topological polar surface area (TPSA) is 64.0 Å². The third kappa shape index (κ3) is 4.22. The van der Waals surface area contributed by atoms with E-state index in [0.29, 0.717) is 21.2 Å². The number of nitrogens with one attached hydrogen (secondary N) is 1. The van der Waals surface area contributed by atoms with Crippen LogP contribution in [0, 0.1) is 26.6 Å². The second-order valence-corrected chi connectivity index (χ2v) is 8.92. The first-order valence-electron chi connectivity index (χ1n) is 8.24. The van der Waals surface area contributed by atoms with Crippen molar-refractivity contribution in [2.45, 2.75) is 32.2 Å². The van der Waals surface area contributed by atoms with Crippen molar-refractivity contribution in [1.82, 2.24) is 9.78 Å². The van der Waals surface area contributed by atoms with Crippen LogP contribution in [0.15, 0.2) is 52.0 Å². The van der Waals surface area contributed by atoms with Crippen LogP contribution in [0.3, 0.4) is 0 Å². The van der Waals surface area contributed by atoms with Crippen LogP contribution in [0.1, 0.15) is 22.3 Å². The van der Waals surface area contributed by atoms with Crippen LogP contribution < -0.4 is 4.72 Å². The summed E-state index contributed by atoms with van der Waals surface area (Å²) in [6, 6.07) is 10.0. The molecule has 3 aromatic rings. The molecule has 0 aliphatic heterocycles. The molecule has 0 amide bonds. The van der Waals surface area contributed by atoms with Gasteiger partial charge in [-0.05, 0) is 53.9 Å². The zero-order chi connectivity index (χ0) is 19.8. The third-order valence-corrected chi connectivity index (χ3v) is 6.34. The molecule has 1 aromatic heterocycles. The van der Waals surface area contributed by atoms with Gasteiger partial charge in [-0.1, -0.05) is 35.9 Å². The van der Waals surface area contributed by atoms with Crippen LogP contribution >= 0.6 is 15.9 Å². The molecule has 2 aromatic carbocycles. The fraction of sp³-hybridized carbons (Fsp3) is 0.211. The lowest BCUT2D eigenvalue weighted by atomic mass is 10.1. The van der Waals surface area contributed by atoms with E-state index in [1.165, 1.54) is 10.7 Å².